The van der Waals surface area contributed by atoms with Crippen LogP contribution in [0.25, 0.3) is 10.9 Å². The number of nitrogens with zero attached hydrogens (tertiary/aromatic N) is 1. The predicted octanol–water partition coefficient (Wildman–Crippen LogP) is 2.94. The van der Waals surface area contributed by atoms with Crippen LogP contribution < -0.4 is 5.32 Å². The predicted molar refractivity (Wildman–Crippen MR) is 71.0 cm³/mol. The van der Waals surface area contributed by atoms with Crippen LogP contribution in [0.15, 0.2) is 30.3 Å². The number of anilines is 1. The Morgan fingerprint density at radius 2 is 1.94 bits per heavy atom. The van der Waals surface area contributed by atoms with Gasteiger partial charge in [0, 0.05) is 10.9 Å². The van der Waals surface area contributed by atoms with Crippen LogP contribution in [-0.4, -0.2) is 15.6 Å². The Morgan fingerprint density at radius 1 is 1.24 bits per heavy atom. The number of aliphatic hydroxyl groups excluding tert-OH is 1. The number of nitrogens with one attached hydrogen (secondary N) is 1. The summed E-state index contributed by atoms with van der Waals surface area (Å²) in [4.78, 5) is 4.55. The monoisotopic (exact) mass is 230 g/mol. The van der Waals surface area contributed by atoms with E-state index in [1.807, 2.05) is 30.3 Å². The van der Waals surface area contributed by atoms with Crippen molar-refractivity contribution < 1.29 is 5.11 Å². The molecule has 2 aromatic rings. The Labute approximate surface area is 102 Å². The first-order chi connectivity index (χ1) is 7.99. The van der Waals surface area contributed by atoms with E-state index in [4.69, 9.17) is 0 Å². The number of benzene rings is 1. The summed E-state index contributed by atoms with van der Waals surface area (Å²) in [7, 11) is 0. The van der Waals surface area contributed by atoms with Crippen LogP contribution in [-0.2, 0) is 6.61 Å². The molecular weight excluding hydrogens is 212 g/mol. The summed E-state index contributed by atoms with van der Waals surface area (Å²) in [5, 5.41) is 13.7. The number of hydrogen-bond acceptors (Lipinski definition) is 3. The lowest BCUT2D eigenvalue weighted by Crippen LogP contribution is -2.26. The van der Waals surface area contributed by atoms with Crippen molar-refractivity contribution in [3.05, 3.63) is 35.9 Å². The minimum atomic E-state index is -0.0395. The second-order valence-electron chi connectivity index (χ2n) is 5.22. The van der Waals surface area contributed by atoms with Crippen molar-refractivity contribution in [1.29, 1.82) is 0 Å². The molecule has 3 heteroatoms. The number of rotatable bonds is 2. The standard InChI is InChI=1S/C14H18N2O/c1-14(2,3)16-13-8-10(9-17)11-6-4-5-7-12(11)15-13/h4-8,17H,9H2,1-3H3,(H,15,16). The van der Waals surface area contributed by atoms with Gasteiger partial charge in [-0.3, -0.25) is 0 Å². The van der Waals surface area contributed by atoms with Gasteiger partial charge in [-0.25, -0.2) is 4.98 Å². The maximum Gasteiger partial charge on any atom is 0.127 e. The van der Waals surface area contributed by atoms with E-state index in [1.165, 1.54) is 0 Å². The number of fused-ring (bicyclic) bond motifs is 1. The molecule has 2 rings (SSSR count). The minimum Gasteiger partial charge on any atom is -0.392 e. The Balaban J connectivity index is 2.53. The van der Waals surface area contributed by atoms with Crippen molar-refractivity contribution in [1.82, 2.24) is 4.98 Å². The molecule has 0 spiro atoms. The van der Waals surface area contributed by atoms with Gasteiger partial charge in [0.15, 0.2) is 0 Å². The van der Waals surface area contributed by atoms with Crippen LogP contribution in [0.3, 0.4) is 0 Å². The van der Waals surface area contributed by atoms with E-state index in [0.717, 1.165) is 22.3 Å². The van der Waals surface area contributed by atoms with E-state index in [0.29, 0.717) is 0 Å². The van der Waals surface area contributed by atoms with Crippen LogP contribution in [0, 0.1) is 0 Å². The van der Waals surface area contributed by atoms with Crippen molar-refractivity contribution in [2.75, 3.05) is 5.32 Å². The first-order valence-corrected chi connectivity index (χ1v) is 5.77. The fourth-order valence-corrected chi connectivity index (χ4v) is 1.83. The molecule has 0 saturated heterocycles. The third kappa shape index (κ3) is 2.74. The molecule has 0 aliphatic carbocycles. The Morgan fingerprint density at radius 3 is 2.59 bits per heavy atom. The zero-order valence-corrected chi connectivity index (χ0v) is 10.5. The fourth-order valence-electron chi connectivity index (χ4n) is 1.83. The first kappa shape index (κ1) is 11.9. The van der Waals surface area contributed by atoms with E-state index in [2.05, 4.69) is 31.1 Å². The van der Waals surface area contributed by atoms with Crippen LogP contribution in [0.4, 0.5) is 5.82 Å². The summed E-state index contributed by atoms with van der Waals surface area (Å²) in [6, 6.07) is 9.77. The molecule has 0 unspecified atom stereocenters. The van der Waals surface area contributed by atoms with Gasteiger partial charge in [0.1, 0.15) is 5.82 Å². The van der Waals surface area contributed by atoms with Gasteiger partial charge >= 0.3 is 0 Å². The minimum absolute atomic E-state index is 0.0296. The van der Waals surface area contributed by atoms with E-state index in [-0.39, 0.29) is 12.1 Å². The lowest BCUT2D eigenvalue weighted by Gasteiger charge is -2.22. The van der Waals surface area contributed by atoms with Gasteiger partial charge in [0.05, 0.1) is 12.1 Å². The van der Waals surface area contributed by atoms with Crippen LogP contribution >= 0.6 is 0 Å². The van der Waals surface area contributed by atoms with Gasteiger partial charge in [0.2, 0.25) is 0 Å². The van der Waals surface area contributed by atoms with E-state index in [1.54, 1.807) is 0 Å². The molecule has 2 N–H and O–H groups in total. The maximum absolute atomic E-state index is 9.40. The molecule has 90 valence electrons. The van der Waals surface area contributed by atoms with Gasteiger partial charge in [-0.1, -0.05) is 18.2 Å². The lowest BCUT2D eigenvalue weighted by atomic mass is 10.1. The van der Waals surface area contributed by atoms with E-state index in [9.17, 15) is 5.11 Å². The highest BCUT2D eigenvalue weighted by atomic mass is 16.3. The fraction of sp³-hybridized carbons (Fsp3) is 0.357. The summed E-state index contributed by atoms with van der Waals surface area (Å²) < 4.78 is 0. The highest BCUT2D eigenvalue weighted by Gasteiger charge is 2.12. The van der Waals surface area contributed by atoms with E-state index >= 15 is 0 Å². The molecule has 1 aromatic carbocycles. The SMILES string of the molecule is CC(C)(C)Nc1cc(CO)c2ccccc2n1. The topological polar surface area (TPSA) is 45.1 Å². The number of para-hydroxylation sites is 1. The van der Waals surface area contributed by atoms with Crippen LogP contribution in [0.1, 0.15) is 26.3 Å². The Bertz CT molecular complexity index is 529. The molecule has 0 bridgehead atoms. The van der Waals surface area contributed by atoms with Crippen molar-refractivity contribution in [3.63, 3.8) is 0 Å². The highest BCUT2D eigenvalue weighted by molar-refractivity contribution is 5.83. The normalized spacial score (nSPS) is 11.8. The van der Waals surface area contributed by atoms with Gasteiger partial charge in [-0.2, -0.15) is 0 Å². The zero-order chi connectivity index (χ0) is 12.5. The molecule has 0 aliphatic heterocycles. The van der Waals surface area contributed by atoms with E-state index < -0.39 is 0 Å². The molecule has 3 nitrogen and oxygen atoms in total. The average Bonchev–Trinajstić information content (AvgIpc) is 2.25. The smallest absolute Gasteiger partial charge is 0.127 e. The molecule has 1 heterocycles. The molecule has 0 atom stereocenters. The number of hydrogen-bond donors (Lipinski definition) is 2. The third-order valence-corrected chi connectivity index (χ3v) is 2.48. The molecule has 1 aromatic heterocycles. The van der Waals surface area contributed by atoms with Gasteiger partial charge in [-0.05, 0) is 38.5 Å². The molecular formula is C14H18N2O. The molecule has 0 aliphatic rings. The Hall–Kier alpha value is -1.61. The summed E-state index contributed by atoms with van der Waals surface area (Å²) in [6.45, 7) is 6.29. The molecule has 0 radical (unpaired) electrons. The van der Waals surface area contributed by atoms with Crippen molar-refractivity contribution in [2.24, 2.45) is 0 Å². The first-order valence-electron chi connectivity index (χ1n) is 5.77. The van der Waals surface area contributed by atoms with Crippen LogP contribution in [0.2, 0.25) is 0 Å². The zero-order valence-electron chi connectivity index (χ0n) is 10.5. The average molecular weight is 230 g/mol. The maximum atomic E-state index is 9.40. The Kier molecular flexibility index (Phi) is 3.03. The second-order valence-corrected chi connectivity index (χ2v) is 5.22. The third-order valence-electron chi connectivity index (χ3n) is 2.48. The summed E-state index contributed by atoms with van der Waals surface area (Å²) in [6.07, 6.45) is 0. The van der Waals surface area contributed by atoms with Crippen molar-refractivity contribution in [2.45, 2.75) is 32.9 Å². The highest BCUT2D eigenvalue weighted by Crippen LogP contribution is 2.22. The second kappa shape index (κ2) is 4.34. The number of aliphatic hydroxyl groups is 1. The quantitative estimate of drug-likeness (QED) is 0.833. The summed E-state index contributed by atoms with van der Waals surface area (Å²) >= 11 is 0. The van der Waals surface area contributed by atoms with Gasteiger partial charge in [-0.15, -0.1) is 0 Å². The van der Waals surface area contributed by atoms with Crippen LogP contribution in [0.5, 0.6) is 0 Å². The number of pyridine rings is 1. The molecule has 0 amide bonds. The summed E-state index contributed by atoms with van der Waals surface area (Å²) in [5.74, 6) is 0.806. The molecule has 0 saturated carbocycles. The molecule has 17 heavy (non-hydrogen) atoms. The summed E-state index contributed by atoms with van der Waals surface area (Å²) in [5.41, 5.74) is 1.77. The van der Waals surface area contributed by atoms with Crippen molar-refractivity contribution >= 4 is 16.7 Å². The van der Waals surface area contributed by atoms with Crippen molar-refractivity contribution in [3.8, 4) is 0 Å². The number of aromatic nitrogens is 1. The van der Waals surface area contributed by atoms with Gasteiger partial charge < -0.3 is 10.4 Å². The largest absolute Gasteiger partial charge is 0.392 e. The molecule has 0 fully saturated rings. The van der Waals surface area contributed by atoms with Gasteiger partial charge in [0.25, 0.3) is 0 Å². The lowest BCUT2D eigenvalue weighted by molar-refractivity contribution is 0.283.